The summed E-state index contributed by atoms with van der Waals surface area (Å²) < 4.78 is 6.48. The van der Waals surface area contributed by atoms with Crippen molar-refractivity contribution in [1.82, 2.24) is 4.90 Å². The molecule has 1 aromatic heterocycles. The molecule has 0 fully saturated rings. The Morgan fingerprint density at radius 3 is 2.40 bits per heavy atom. The Hall–Kier alpha value is -2.33. The van der Waals surface area contributed by atoms with Crippen molar-refractivity contribution in [3.05, 3.63) is 94.4 Å². The third-order valence-corrected chi connectivity index (χ3v) is 4.84. The molecule has 0 aliphatic carbocycles. The molecule has 3 nitrogen and oxygen atoms in total. The highest BCUT2D eigenvalue weighted by Gasteiger charge is 2.16. The van der Waals surface area contributed by atoms with Crippen LogP contribution in [0.15, 0.2) is 81.9 Å². The van der Waals surface area contributed by atoms with E-state index in [1.807, 2.05) is 71.6 Å². The maximum atomic E-state index is 12.8. The first-order valence-corrected chi connectivity index (χ1v) is 9.09. The molecule has 0 saturated heterocycles. The summed E-state index contributed by atoms with van der Waals surface area (Å²) >= 11 is 3.55. The molecule has 2 aromatic carbocycles. The zero-order valence-corrected chi connectivity index (χ0v) is 15.5. The standard InChI is InChI=1S/C21H20BrNO2/c22-20-11-5-4-9-18(20)12-13-21(24)23(16-19-10-6-14-25-19)15-17-7-2-1-3-8-17/h1-11,14H,12-13,15-16H2. The van der Waals surface area contributed by atoms with Gasteiger partial charge in [0.05, 0.1) is 12.8 Å². The summed E-state index contributed by atoms with van der Waals surface area (Å²) in [6.45, 7) is 1.06. The highest BCUT2D eigenvalue weighted by atomic mass is 79.9. The number of benzene rings is 2. The Morgan fingerprint density at radius 1 is 0.920 bits per heavy atom. The lowest BCUT2D eigenvalue weighted by molar-refractivity contribution is -0.132. The molecule has 1 heterocycles. The van der Waals surface area contributed by atoms with E-state index in [0.717, 1.165) is 21.4 Å². The average molecular weight is 398 g/mol. The van der Waals surface area contributed by atoms with Crippen LogP contribution in [-0.4, -0.2) is 10.8 Å². The lowest BCUT2D eigenvalue weighted by atomic mass is 10.1. The minimum Gasteiger partial charge on any atom is -0.467 e. The van der Waals surface area contributed by atoms with Crippen LogP contribution in [0.2, 0.25) is 0 Å². The minimum atomic E-state index is 0.121. The number of carbonyl (C=O) groups excluding carboxylic acids is 1. The van der Waals surface area contributed by atoms with Crippen LogP contribution in [0.3, 0.4) is 0 Å². The van der Waals surface area contributed by atoms with Crippen molar-refractivity contribution in [1.29, 1.82) is 0 Å². The van der Waals surface area contributed by atoms with E-state index in [0.29, 0.717) is 25.9 Å². The third kappa shape index (κ3) is 5.07. The van der Waals surface area contributed by atoms with Gasteiger partial charge in [-0.1, -0.05) is 64.5 Å². The summed E-state index contributed by atoms with van der Waals surface area (Å²) in [5.41, 5.74) is 2.26. The van der Waals surface area contributed by atoms with Gasteiger partial charge in [-0.25, -0.2) is 0 Å². The number of nitrogens with zero attached hydrogens (tertiary/aromatic N) is 1. The van der Waals surface area contributed by atoms with Crippen LogP contribution < -0.4 is 0 Å². The van der Waals surface area contributed by atoms with E-state index in [-0.39, 0.29) is 5.91 Å². The zero-order valence-electron chi connectivity index (χ0n) is 13.9. The fraction of sp³-hybridized carbons (Fsp3) is 0.190. The van der Waals surface area contributed by atoms with Gasteiger partial charge in [-0.15, -0.1) is 0 Å². The largest absolute Gasteiger partial charge is 0.467 e. The van der Waals surface area contributed by atoms with Crippen molar-refractivity contribution < 1.29 is 9.21 Å². The van der Waals surface area contributed by atoms with Crippen LogP contribution >= 0.6 is 15.9 Å². The molecule has 0 unspecified atom stereocenters. The van der Waals surface area contributed by atoms with E-state index in [4.69, 9.17) is 4.42 Å². The van der Waals surface area contributed by atoms with Crippen LogP contribution in [0.5, 0.6) is 0 Å². The Bertz CT molecular complexity index is 800. The molecule has 25 heavy (non-hydrogen) atoms. The minimum absolute atomic E-state index is 0.121. The maximum Gasteiger partial charge on any atom is 0.223 e. The molecule has 0 spiro atoms. The predicted molar refractivity (Wildman–Crippen MR) is 102 cm³/mol. The van der Waals surface area contributed by atoms with Gasteiger partial charge >= 0.3 is 0 Å². The van der Waals surface area contributed by atoms with Crippen LogP contribution in [-0.2, 0) is 24.3 Å². The molecule has 0 aliphatic heterocycles. The summed E-state index contributed by atoms with van der Waals surface area (Å²) in [6, 6.07) is 21.8. The second kappa shape index (κ2) is 8.67. The first kappa shape index (κ1) is 17.5. The zero-order chi connectivity index (χ0) is 17.5. The first-order valence-electron chi connectivity index (χ1n) is 8.30. The highest BCUT2D eigenvalue weighted by Crippen LogP contribution is 2.19. The Morgan fingerprint density at radius 2 is 1.68 bits per heavy atom. The van der Waals surface area contributed by atoms with Crippen LogP contribution in [0.4, 0.5) is 0 Å². The third-order valence-electron chi connectivity index (χ3n) is 4.06. The van der Waals surface area contributed by atoms with Gasteiger partial charge in [-0.2, -0.15) is 0 Å². The van der Waals surface area contributed by atoms with E-state index >= 15 is 0 Å². The van der Waals surface area contributed by atoms with E-state index in [1.54, 1.807) is 6.26 Å². The summed E-state index contributed by atoms with van der Waals surface area (Å²) in [6.07, 6.45) is 2.82. The monoisotopic (exact) mass is 397 g/mol. The Labute approximate surface area is 156 Å². The van der Waals surface area contributed by atoms with E-state index in [9.17, 15) is 4.79 Å². The van der Waals surface area contributed by atoms with Gasteiger partial charge in [-0.3, -0.25) is 4.79 Å². The quantitative estimate of drug-likeness (QED) is 0.548. The van der Waals surface area contributed by atoms with Crippen LogP contribution in [0.25, 0.3) is 0 Å². The van der Waals surface area contributed by atoms with Crippen molar-refractivity contribution in [2.75, 3.05) is 0 Å². The number of rotatable bonds is 7. The lowest BCUT2D eigenvalue weighted by Gasteiger charge is -2.22. The molecule has 4 heteroatoms. The Balaban J connectivity index is 1.69. The molecular weight excluding hydrogens is 378 g/mol. The molecule has 0 atom stereocenters. The molecule has 3 aromatic rings. The maximum absolute atomic E-state index is 12.8. The van der Waals surface area contributed by atoms with Crippen LogP contribution in [0.1, 0.15) is 23.3 Å². The van der Waals surface area contributed by atoms with Crippen molar-refractivity contribution in [3.8, 4) is 0 Å². The molecule has 128 valence electrons. The SMILES string of the molecule is O=C(CCc1ccccc1Br)N(Cc1ccccc1)Cc1ccco1. The number of hydrogen-bond donors (Lipinski definition) is 0. The van der Waals surface area contributed by atoms with Gasteiger partial charge in [0.25, 0.3) is 0 Å². The topological polar surface area (TPSA) is 33.5 Å². The predicted octanol–water partition coefficient (Wildman–Crippen LogP) is 5.20. The second-order valence-corrected chi connectivity index (χ2v) is 6.76. The van der Waals surface area contributed by atoms with E-state index < -0.39 is 0 Å². The fourth-order valence-electron chi connectivity index (χ4n) is 2.73. The van der Waals surface area contributed by atoms with Crippen molar-refractivity contribution in [2.24, 2.45) is 0 Å². The number of aryl methyl sites for hydroxylation is 1. The second-order valence-electron chi connectivity index (χ2n) is 5.91. The molecule has 0 saturated carbocycles. The number of hydrogen-bond acceptors (Lipinski definition) is 2. The number of amides is 1. The lowest BCUT2D eigenvalue weighted by Crippen LogP contribution is -2.30. The van der Waals surface area contributed by atoms with E-state index in [2.05, 4.69) is 15.9 Å². The average Bonchev–Trinajstić information content (AvgIpc) is 3.14. The normalized spacial score (nSPS) is 10.6. The van der Waals surface area contributed by atoms with Crippen molar-refractivity contribution in [3.63, 3.8) is 0 Å². The summed E-state index contributed by atoms with van der Waals surface area (Å²) in [5, 5.41) is 0. The number of carbonyl (C=O) groups is 1. The van der Waals surface area contributed by atoms with Crippen molar-refractivity contribution in [2.45, 2.75) is 25.9 Å². The fourth-order valence-corrected chi connectivity index (χ4v) is 3.21. The van der Waals surface area contributed by atoms with Gasteiger partial charge in [0.1, 0.15) is 5.76 Å². The molecular formula is C21H20BrNO2. The van der Waals surface area contributed by atoms with Gasteiger partial charge in [0.15, 0.2) is 0 Å². The Kier molecular flexibility index (Phi) is 6.07. The van der Waals surface area contributed by atoms with Crippen molar-refractivity contribution >= 4 is 21.8 Å². The smallest absolute Gasteiger partial charge is 0.223 e. The van der Waals surface area contributed by atoms with E-state index in [1.165, 1.54) is 0 Å². The van der Waals surface area contributed by atoms with Crippen LogP contribution in [0, 0.1) is 0 Å². The number of halogens is 1. The first-order chi connectivity index (χ1) is 12.2. The summed E-state index contributed by atoms with van der Waals surface area (Å²) in [5.74, 6) is 0.918. The molecule has 0 N–H and O–H groups in total. The summed E-state index contributed by atoms with van der Waals surface area (Å²) in [7, 11) is 0. The highest BCUT2D eigenvalue weighted by molar-refractivity contribution is 9.10. The molecule has 0 aliphatic rings. The molecule has 0 bridgehead atoms. The summed E-state index contributed by atoms with van der Waals surface area (Å²) in [4.78, 5) is 14.7. The molecule has 0 radical (unpaired) electrons. The van der Waals surface area contributed by atoms with Gasteiger partial charge in [-0.05, 0) is 35.7 Å². The van der Waals surface area contributed by atoms with Gasteiger partial charge in [0.2, 0.25) is 5.91 Å². The number of furan rings is 1. The molecule has 1 amide bonds. The molecule has 3 rings (SSSR count). The van der Waals surface area contributed by atoms with Gasteiger partial charge < -0.3 is 9.32 Å². The van der Waals surface area contributed by atoms with Gasteiger partial charge in [0, 0.05) is 17.4 Å².